The third kappa shape index (κ3) is 5.90. The van der Waals surface area contributed by atoms with Gasteiger partial charge in [-0.1, -0.05) is 170 Å². The molecule has 61 heavy (non-hydrogen) atoms. The molecule has 12 rings (SSSR count). The smallest absolute Gasteiger partial charge is 0.160 e. The molecule has 0 bridgehead atoms. The molecule has 0 aliphatic rings. The summed E-state index contributed by atoms with van der Waals surface area (Å²) in [4.78, 5) is 2.33. The Bertz CT molecular complexity index is 3580. The molecular formula is C58H37NO2. The van der Waals surface area contributed by atoms with Gasteiger partial charge in [-0.3, -0.25) is 0 Å². The lowest BCUT2D eigenvalue weighted by molar-refractivity contribution is 0.668. The second-order valence-corrected chi connectivity index (χ2v) is 15.6. The van der Waals surface area contributed by atoms with Crippen molar-refractivity contribution in [2.75, 3.05) is 4.90 Å². The maximum absolute atomic E-state index is 6.97. The van der Waals surface area contributed by atoms with Crippen LogP contribution in [0.5, 0.6) is 0 Å². The Balaban J connectivity index is 1.05. The standard InChI is InChI=1S/C58H37NO2/c1-2-14-40(15-3-1)46-17-6-7-18-48(46)49-35-36-52(58-57(49)51-20-9-11-23-54(51)61-58)59(44-31-27-39(28-32-44)43-26-25-38-13-4-5-16-42(38)37-43)45-33-29-41(30-34-45)47-21-12-24-55-56(47)50-19-8-10-22-53(50)60-55/h1-37H. The average molecular weight is 780 g/mol. The molecule has 286 valence electrons. The molecular weight excluding hydrogens is 743 g/mol. The fraction of sp³-hybridized carbons (Fsp3) is 0. The van der Waals surface area contributed by atoms with Gasteiger partial charge in [-0.05, 0) is 110 Å². The highest BCUT2D eigenvalue weighted by Gasteiger charge is 2.24. The second kappa shape index (κ2) is 14.3. The predicted octanol–water partition coefficient (Wildman–Crippen LogP) is 16.8. The van der Waals surface area contributed by atoms with Gasteiger partial charge in [0.25, 0.3) is 0 Å². The van der Waals surface area contributed by atoms with E-state index in [1.165, 1.54) is 27.5 Å². The van der Waals surface area contributed by atoms with Crippen LogP contribution in [0.15, 0.2) is 233 Å². The first-order chi connectivity index (χ1) is 30.2. The number of hydrogen-bond acceptors (Lipinski definition) is 3. The van der Waals surface area contributed by atoms with Gasteiger partial charge >= 0.3 is 0 Å². The molecule has 2 aromatic heterocycles. The number of hydrogen-bond donors (Lipinski definition) is 0. The van der Waals surface area contributed by atoms with Gasteiger partial charge in [-0.2, -0.15) is 0 Å². The van der Waals surface area contributed by atoms with Gasteiger partial charge in [-0.25, -0.2) is 0 Å². The number of benzene rings is 10. The molecule has 0 fully saturated rings. The van der Waals surface area contributed by atoms with E-state index < -0.39 is 0 Å². The lowest BCUT2D eigenvalue weighted by Crippen LogP contribution is -2.10. The molecule has 3 nitrogen and oxygen atoms in total. The monoisotopic (exact) mass is 779 g/mol. The Morgan fingerprint density at radius 2 is 0.852 bits per heavy atom. The maximum Gasteiger partial charge on any atom is 0.160 e. The Morgan fingerprint density at radius 3 is 1.62 bits per heavy atom. The lowest BCUT2D eigenvalue weighted by atomic mass is 9.91. The molecule has 10 aromatic carbocycles. The van der Waals surface area contributed by atoms with Crippen molar-refractivity contribution in [3.05, 3.63) is 224 Å². The van der Waals surface area contributed by atoms with E-state index in [1.807, 2.05) is 18.2 Å². The van der Waals surface area contributed by atoms with Crippen LogP contribution in [-0.4, -0.2) is 0 Å². The van der Waals surface area contributed by atoms with E-state index >= 15 is 0 Å². The van der Waals surface area contributed by atoms with Crippen molar-refractivity contribution in [3.63, 3.8) is 0 Å². The number of anilines is 3. The van der Waals surface area contributed by atoms with Crippen LogP contribution in [0.2, 0.25) is 0 Å². The summed E-state index contributed by atoms with van der Waals surface area (Å²) < 4.78 is 13.2. The van der Waals surface area contributed by atoms with Gasteiger partial charge in [0.05, 0.1) is 5.69 Å². The summed E-state index contributed by atoms with van der Waals surface area (Å²) in [6.45, 7) is 0. The highest BCUT2D eigenvalue weighted by atomic mass is 16.3. The molecule has 0 atom stereocenters. The van der Waals surface area contributed by atoms with Crippen LogP contribution in [0.25, 0.3) is 99.2 Å². The number of furan rings is 2. The summed E-state index contributed by atoms with van der Waals surface area (Å²) in [5.74, 6) is 0. The zero-order valence-corrected chi connectivity index (χ0v) is 33.1. The van der Waals surface area contributed by atoms with E-state index in [1.54, 1.807) is 0 Å². The minimum Gasteiger partial charge on any atom is -0.456 e. The molecule has 0 spiro atoms. The molecule has 2 heterocycles. The second-order valence-electron chi connectivity index (χ2n) is 15.6. The fourth-order valence-electron chi connectivity index (χ4n) is 9.21. The van der Waals surface area contributed by atoms with Crippen molar-refractivity contribution in [1.29, 1.82) is 0 Å². The molecule has 0 radical (unpaired) electrons. The summed E-state index contributed by atoms with van der Waals surface area (Å²) in [5, 5.41) is 6.88. The third-order valence-electron chi connectivity index (χ3n) is 12.1. The minimum absolute atomic E-state index is 0.832. The Morgan fingerprint density at radius 1 is 0.295 bits per heavy atom. The van der Waals surface area contributed by atoms with E-state index in [2.05, 4.69) is 211 Å². The van der Waals surface area contributed by atoms with Crippen molar-refractivity contribution in [2.24, 2.45) is 0 Å². The molecule has 0 N–H and O–H groups in total. The van der Waals surface area contributed by atoms with Gasteiger partial charge in [0.1, 0.15) is 16.7 Å². The molecule has 12 aromatic rings. The predicted molar refractivity (Wildman–Crippen MR) is 255 cm³/mol. The highest BCUT2D eigenvalue weighted by molar-refractivity contribution is 6.18. The zero-order chi connectivity index (χ0) is 40.3. The minimum atomic E-state index is 0.832. The quantitative estimate of drug-likeness (QED) is 0.161. The lowest BCUT2D eigenvalue weighted by Gasteiger charge is -2.26. The van der Waals surface area contributed by atoms with E-state index in [4.69, 9.17) is 8.83 Å². The summed E-state index contributed by atoms with van der Waals surface area (Å²) in [7, 11) is 0. The van der Waals surface area contributed by atoms with Crippen molar-refractivity contribution in [3.8, 4) is 44.5 Å². The summed E-state index contributed by atoms with van der Waals surface area (Å²) in [6, 6.07) is 79.8. The van der Waals surface area contributed by atoms with Gasteiger partial charge in [0.2, 0.25) is 0 Å². The summed E-state index contributed by atoms with van der Waals surface area (Å²) in [5.41, 5.74) is 15.7. The van der Waals surface area contributed by atoms with Crippen LogP contribution in [0, 0.1) is 0 Å². The number of rotatable bonds is 7. The molecule has 0 saturated heterocycles. The first kappa shape index (κ1) is 34.9. The fourth-order valence-corrected chi connectivity index (χ4v) is 9.21. The van der Waals surface area contributed by atoms with Crippen molar-refractivity contribution < 1.29 is 8.83 Å². The van der Waals surface area contributed by atoms with E-state index in [9.17, 15) is 0 Å². The highest BCUT2D eigenvalue weighted by Crippen LogP contribution is 2.48. The van der Waals surface area contributed by atoms with Gasteiger partial charge in [0.15, 0.2) is 5.58 Å². The van der Waals surface area contributed by atoms with Crippen LogP contribution in [-0.2, 0) is 0 Å². The third-order valence-corrected chi connectivity index (χ3v) is 12.1. The summed E-state index contributed by atoms with van der Waals surface area (Å²) in [6.07, 6.45) is 0. The van der Waals surface area contributed by atoms with E-state index in [0.717, 1.165) is 88.8 Å². The Kier molecular flexibility index (Phi) is 8.17. The first-order valence-corrected chi connectivity index (χ1v) is 20.7. The topological polar surface area (TPSA) is 29.5 Å². The van der Waals surface area contributed by atoms with Gasteiger partial charge in [0, 0.05) is 32.9 Å². The molecule has 3 heteroatoms. The van der Waals surface area contributed by atoms with Crippen LogP contribution >= 0.6 is 0 Å². The maximum atomic E-state index is 6.97. The Labute approximate surface area is 353 Å². The Hall–Kier alpha value is -8.14. The van der Waals surface area contributed by atoms with Gasteiger partial charge < -0.3 is 13.7 Å². The molecule has 0 amide bonds. The molecule has 0 saturated carbocycles. The number of nitrogens with zero attached hydrogens (tertiary/aromatic N) is 1. The normalized spacial score (nSPS) is 11.6. The SMILES string of the molecule is c1ccc(-c2ccccc2-c2ccc(N(c3ccc(-c4ccc5ccccc5c4)cc3)c3ccc(-c4cccc5oc6ccccc6c45)cc3)c3oc4ccccc4c23)cc1. The van der Waals surface area contributed by atoms with E-state index in [0.29, 0.717) is 0 Å². The van der Waals surface area contributed by atoms with Crippen LogP contribution in [0.3, 0.4) is 0 Å². The zero-order valence-electron chi connectivity index (χ0n) is 33.1. The van der Waals surface area contributed by atoms with Crippen molar-refractivity contribution in [2.45, 2.75) is 0 Å². The van der Waals surface area contributed by atoms with Crippen LogP contribution in [0.4, 0.5) is 17.1 Å². The average Bonchev–Trinajstić information content (AvgIpc) is 3.92. The van der Waals surface area contributed by atoms with Crippen molar-refractivity contribution in [1.82, 2.24) is 0 Å². The molecule has 0 aliphatic carbocycles. The largest absolute Gasteiger partial charge is 0.456 e. The first-order valence-electron chi connectivity index (χ1n) is 20.7. The number of para-hydroxylation sites is 2. The van der Waals surface area contributed by atoms with E-state index in [-0.39, 0.29) is 0 Å². The summed E-state index contributed by atoms with van der Waals surface area (Å²) >= 11 is 0. The van der Waals surface area contributed by atoms with Crippen LogP contribution in [0.1, 0.15) is 0 Å². The van der Waals surface area contributed by atoms with Gasteiger partial charge in [-0.15, -0.1) is 0 Å². The molecule has 0 unspecified atom stereocenters. The molecule has 0 aliphatic heterocycles. The number of fused-ring (bicyclic) bond motifs is 7. The van der Waals surface area contributed by atoms with Crippen LogP contribution < -0.4 is 4.90 Å². The van der Waals surface area contributed by atoms with Crippen molar-refractivity contribution >= 4 is 71.7 Å².